The van der Waals surface area contributed by atoms with Crippen LogP contribution in [0, 0.1) is 0 Å². The highest BCUT2D eigenvalue weighted by Gasteiger charge is 2.01. The molecular formula is C13H22N2O2S. The maximum absolute atomic E-state index is 11.3. The third-order valence-corrected chi connectivity index (χ3v) is 3.69. The van der Waals surface area contributed by atoms with Crippen LogP contribution in [-0.4, -0.2) is 28.9 Å². The van der Waals surface area contributed by atoms with Gasteiger partial charge in [-0.25, -0.2) is 0 Å². The minimum Gasteiger partial charge on any atom is -0.493 e. The predicted octanol–water partition coefficient (Wildman–Crippen LogP) is 2.24. The summed E-state index contributed by atoms with van der Waals surface area (Å²) < 4.78 is 16.8. The van der Waals surface area contributed by atoms with Crippen LogP contribution in [0.1, 0.15) is 20.3 Å². The number of nitrogens with two attached hydrogens (primary N) is 1. The Balaban J connectivity index is 2.54. The van der Waals surface area contributed by atoms with Crippen molar-refractivity contribution in [3.05, 3.63) is 18.2 Å². The van der Waals surface area contributed by atoms with Crippen LogP contribution < -0.4 is 15.8 Å². The summed E-state index contributed by atoms with van der Waals surface area (Å²) in [6.45, 7) is 5.35. The molecule has 1 atom stereocenters. The largest absolute Gasteiger partial charge is 0.493 e. The van der Waals surface area contributed by atoms with Gasteiger partial charge in [-0.3, -0.25) is 4.21 Å². The van der Waals surface area contributed by atoms with Crippen LogP contribution in [0.5, 0.6) is 5.75 Å². The molecule has 5 heteroatoms. The molecule has 1 rings (SSSR count). The van der Waals surface area contributed by atoms with Gasteiger partial charge in [0, 0.05) is 52.4 Å². The van der Waals surface area contributed by atoms with E-state index < -0.39 is 10.8 Å². The van der Waals surface area contributed by atoms with E-state index in [1.165, 1.54) is 0 Å². The maximum atomic E-state index is 11.3. The molecule has 0 spiro atoms. The summed E-state index contributed by atoms with van der Waals surface area (Å²) in [6, 6.07) is 5.58. The number of hydrogen-bond donors (Lipinski definition) is 2. The first-order chi connectivity index (χ1) is 8.65. The molecule has 1 aromatic rings. The molecule has 0 aliphatic carbocycles. The Morgan fingerprint density at radius 1 is 1.33 bits per heavy atom. The number of rotatable bonds is 8. The lowest BCUT2D eigenvalue weighted by atomic mass is 10.2. The molecule has 1 unspecified atom stereocenters. The van der Waals surface area contributed by atoms with Crippen molar-refractivity contribution in [2.24, 2.45) is 0 Å². The summed E-state index contributed by atoms with van der Waals surface area (Å²) in [7, 11) is -0.741. The second-order valence-corrected chi connectivity index (χ2v) is 5.86. The van der Waals surface area contributed by atoms with Gasteiger partial charge in [-0.1, -0.05) is 13.8 Å². The third-order valence-electron chi connectivity index (χ3n) is 2.38. The number of nitrogens with one attached hydrogen (secondary N) is 1. The van der Waals surface area contributed by atoms with E-state index in [0.717, 1.165) is 17.9 Å². The van der Waals surface area contributed by atoms with Crippen LogP contribution >= 0.6 is 0 Å². The van der Waals surface area contributed by atoms with Crippen molar-refractivity contribution in [3.63, 3.8) is 0 Å². The number of anilines is 2. The summed E-state index contributed by atoms with van der Waals surface area (Å²) >= 11 is 0. The van der Waals surface area contributed by atoms with Crippen molar-refractivity contribution < 1.29 is 8.95 Å². The van der Waals surface area contributed by atoms with Gasteiger partial charge in [-0.15, -0.1) is 0 Å². The predicted molar refractivity (Wildman–Crippen MR) is 78.7 cm³/mol. The minimum absolute atomic E-state index is 0.649. The van der Waals surface area contributed by atoms with E-state index in [1.54, 1.807) is 0 Å². The van der Waals surface area contributed by atoms with E-state index in [2.05, 4.69) is 12.2 Å². The van der Waals surface area contributed by atoms with Crippen LogP contribution in [0.25, 0.3) is 0 Å². The van der Waals surface area contributed by atoms with Gasteiger partial charge in [-0.05, 0) is 12.5 Å². The normalized spacial score (nSPS) is 12.1. The lowest BCUT2D eigenvalue weighted by Gasteiger charge is -2.10. The Hall–Kier alpha value is -1.23. The van der Waals surface area contributed by atoms with E-state index in [-0.39, 0.29) is 0 Å². The highest BCUT2D eigenvalue weighted by Crippen LogP contribution is 2.22. The monoisotopic (exact) mass is 270 g/mol. The molecule has 1 aromatic carbocycles. The number of nitrogen functional groups attached to an aromatic ring is 1. The number of benzene rings is 1. The summed E-state index contributed by atoms with van der Waals surface area (Å²) in [5.74, 6) is 2.12. The molecule has 4 nitrogen and oxygen atoms in total. The second-order valence-electron chi connectivity index (χ2n) is 4.00. The quantitative estimate of drug-likeness (QED) is 0.711. The zero-order valence-electron chi connectivity index (χ0n) is 11.1. The van der Waals surface area contributed by atoms with Gasteiger partial charge in [-0.2, -0.15) is 0 Å². The van der Waals surface area contributed by atoms with Gasteiger partial charge in [0.05, 0.1) is 6.61 Å². The Morgan fingerprint density at radius 2 is 2.11 bits per heavy atom. The van der Waals surface area contributed by atoms with Crippen molar-refractivity contribution in [2.45, 2.75) is 20.3 Å². The van der Waals surface area contributed by atoms with Crippen molar-refractivity contribution in [2.75, 3.05) is 35.7 Å². The van der Waals surface area contributed by atoms with E-state index in [1.807, 2.05) is 25.1 Å². The first-order valence-corrected chi connectivity index (χ1v) is 7.76. The zero-order valence-corrected chi connectivity index (χ0v) is 11.9. The summed E-state index contributed by atoms with van der Waals surface area (Å²) in [4.78, 5) is 0. The molecule has 0 amide bonds. The average Bonchev–Trinajstić information content (AvgIpc) is 2.35. The Morgan fingerprint density at radius 3 is 2.78 bits per heavy atom. The topological polar surface area (TPSA) is 64.3 Å². The highest BCUT2D eigenvalue weighted by atomic mass is 32.2. The second kappa shape index (κ2) is 7.97. The third kappa shape index (κ3) is 5.40. The molecule has 18 heavy (non-hydrogen) atoms. The molecule has 0 aromatic heterocycles. The number of hydrogen-bond acceptors (Lipinski definition) is 4. The van der Waals surface area contributed by atoms with E-state index in [9.17, 15) is 4.21 Å². The molecule has 0 saturated heterocycles. The molecule has 0 saturated carbocycles. The maximum Gasteiger partial charge on any atom is 0.123 e. The van der Waals surface area contributed by atoms with Crippen LogP contribution in [-0.2, 0) is 10.8 Å². The zero-order chi connectivity index (χ0) is 13.4. The fourth-order valence-corrected chi connectivity index (χ4v) is 2.10. The van der Waals surface area contributed by atoms with Crippen molar-refractivity contribution in [3.8, 4) is 5.75 Å². The van der Waals surface area contributed by atoms with Crippen molar-refractivity contribution in [1.82, 2.24) is 0 Å². The van der Waals surface area contributed by atoms with Gasteiger partial charge in [0.2, 0.25) is 0 Å². The lowest BCUT2D eigenvalue weighted by Crippen LogP contribution is -2.12. The van der Waals surface area contributed by atoms with Crippen LogP contribution in [0.3, 0.4) is 0 Å². The SMILES string of the molecule is CCCOc1cc(N)cc(NCCS(=O)CC)c1. The molecular weight excluding hydrogens is 248 g/mol. The van der Waals surface area contributed by atoms with Crippen molar-refractivity contribution >= 4 is 22.2 Å². The van der Waals surface area contributed by atoms with Gasteiger partial charge in [0.25, 0.3) is 0 Å². The molecule has 3 N–H and O–H groups in total. The van der Waals surface area contributed by atoms with Gasteiger partial charge in [0.15, 0.2) is 0 Å². The molecule has 0 radical (unpaired) electrons. The van der Waals surface area contributed by atoms with Gasteiger partial charge < -0.3 is 15.8 Å². The highest BCUT2D eigenvalue weighted by molar-refractivity contribution is 7.84. The average molecular weight is 270 g/mol. The van der Waals surface area contributed by atoms with E-state index >= 15 is 0 Å². The standard InChI is InChI=1S/C13H22N2O2S/c1-3-6-17-13-9-11(14)8-12(10-13)15-5-7-18(16)4-2/h8-10,15H,3-7,14H2,1-2H3. The fourth-order valence-electron chi connectivity index (χ4n) is 1.48. The van der Waals surface area contributed by atoms with E-state index in [4.69, 9.17) is 10.5 Å². The van der Waals surface area contributed by atoms with Crippen LogP contribution in [0.15, 0.2) is 18.2 Å². The minimum atomic E-state index is -0.741. The summed E-state index contributed by atoms with van der Waals surface area (Å²) in [5.41, 5.74) is 7.39. The molecule has 0 aliphatic heterocycles. The summed E-state index contributed by atoms with van der Waals surface area (Å²) in [5, 5.41) is 3.21. The van der Waals surface area contributed by atoms with E-state index in [0.29, 0.717) is 30.3 Å². The molecule has 0 aliphatic rings. The Kier molecular flexibility index (Phi) is 6.57. The van der Waals surface area contributed by atoms with Gasteiger partial charge in [0.1, 0.15) is 5.75 Å². The van der Waals surface area contributed by atoms with Crippen molar-refractivity contribution in [1.29, 1.82) is 0 Å². The summed E-state index contributed by atoms with van der Waals surface area (Å²) in [6.07, 6.45) is 0.965. The number of ether oxygens (including phenoxy) is 1. The molecule has 0 heterocycles. The first kappa shape index (κ1) is 14.8. The Labute approximate surface area is 111 Å². The smallest absolute Gasteiger partial charge is 0.123 e. The fraction of sp³-hybridized carbons (Fsp3) is 0.538. The first-order valence-electron chi connectivity index (χ1n) is 6.28. The van der Waals surface area contributed by atoms with Crippen LogP contribution in [0.4, 0.5) is 11.4 Å². The lowest BCUT2D eigenvalue weighted by molar-refractivity contribution is 0.318. The van der Waals surface area contributed by atoms with Crippen LogP contribution in [0.2, 0.25) is 0 Å². The molecule has 102 valence electrons. The van der Waals surface area contributed by atoms with Gasteiger partial charge >= 0.3 is 0 Å². The Bertz CT molecular complexity index is 397. The molecule has 0 fully saturated rings. The molecule has 0 bridgehead atoms.